The highest BCUT2D eigenvalue weighted by molar-refractivity contribution is 5.77. The summed E-state index contributed by atoms with van der Waals surface area (Å²) < 4.78 is 5.75. The number of nitrogens with one attached hydrogen (secondary N) is 1. The molecule has 0 radical (unpaired) electrons. The van der Waals surface area contributed by atoms with Crippen molar-refractivity contribution in [3.05, 3.63) is 17.7 Å². The van der Waals surface area contributed by atoms with Crippen molar-refractivity contribution in [2.24, 2.45) is 5.41 Å². The van der Waals surface area contributed by atoms with Crippen molar-refractivity contribution >= 4 is 5.91 Å². The van der Waals surface area contributed by atoms with Crippen LogP contribution >= 0.6 is 0 Å². The van der Waals surface area contributed by atoms with Crippen LogP contribution in [0.1, 0.15) is 49.9 Å². The number of aromatic amines is 1. The van der Waals surface area contributed by atoms with E-state index in [1.807, 2.05) is 0 Å². The molecule has 4 heterocycles. The molecule has 1 unspecified atom stereocenters. The van der Waals surface area contributed by atoms with E-state index >= 15 is 0 Å². The van der Waals surface area contributed by atoms with Gasteiger partial charge in [0.25, 0.3) is 0 Å². The fourth-order valence-electron chi connectivity index (χ4n) is 4.65. The molecule has 1 aromatic heterocycles. The molecule has 1 amide bonds. The Morgan fingerprint density at radius 3 is 2.88 bits per heavy atom. The van der Waals surface area contributed by atoms with Crippen molar-refractivity contribution in [3.63, 3.8) is 0 Å². The Balaban J connectivity index is 1.33. The van der Waals surface area contributed by atoms with Crippen molar-refractivity contribution in [2.45, 2.75) is 58.1 Å². The van der Waals surface area contributed by atoms with Gasteiger partial charge in [0.15, 0.2) is 0 Å². The zero-order chi connectivity index (χ0) is 17.3. The fraction of sp³-hybridized carbons (Fsp3) is 0.789. The molecule has 0 bridgehead atoms. The van der Waals surface area contributed by atoms with Crippen LogP contribution in [0.2, 0.25) is 0 Å². The number of imidazole rings is 1. The maximum absolute atomic E-state index is 12.4. The number of H-pyrrole nitrogens is 1. The minimum absolute atomic E-state index is 0.266. The van der Waals surface area contributed by atoms with E-state index in [1.54, 1.807) is 6.33 Å². The van der Waals surface area contributed by atoms with Gasteiger partial charge in [0.1, 0.15) is 0 Å². The Morgan fingerprint density at radius 1 is 1.36 bits per heavy atom. The molecule has 3 saturated heterocycles. The number of aryl methyl sites for hydroxylation is 1. The number of piperidine rings is 2. The first-order valence-corrected chi connectivity index (χ1v) is 9.74. The monoisotopic (exact) mass is 346 g/mol. The summed E-state index contributed by atoms with van der Waals surface area (Å²) in [4.78, 5) is 24.6. The number of hydrogen-bond donors (Lipinski definition) is 1. The van der Waals surface area contributed by atoms with Crippen molar-refractivity contribution < 1.29 is 9.53 Å². The van der Waals surface area contributed by atoms with Crippen molar-refractivity contribution in [1.82, 2.24) is 19.8 Å². The van der Waals surface area contributed by atoms with Crippen LogP contribution < -0.4 is 0 Å². The second kappa shape index (κ2) is 7.08. The minimum atomic E-state index is 0.266. The number of carbonyl (C=O) groups excluding carboxylic acids is 1. The number of hydrogen-bond acceptors (Lipinski definition) is 4. The highest BCUT2D eigenvalue weighted by Gasteiger charge is 2.41. The van der Waals surface area contributed by atoms with Crippen LogP contribution in [0.15, 0.2) is 6.33 Å². The molecule has 1 spiro atoms. The first-order chi connectivity index (χ1) is 12.1. The molecule has 6 nitrogen and oxygen atoms in total. The number of ether oxygens (including phenoxy) is 1. The lowest BCUT2D eigenvalue weighted by molar-refractivity contribution is -0.141. The van der Waals surface area contributed by atoms with Gasteiger partial charge >= 0.3 is 0 Å². The van der Waals surface area contributed by atoms with Crippen LogP contribution in [-0.4, -0.2) is 64.6 Å². The van der Waals surface area contributed by atoms with E-state index in [4.69, 9.17) is 4.74 Å². The Kier molecular flexibility index (Phi) is 4.82. The Labute approximate surface area is 149 Å². The third-order valence-electron chi connectivity index (χ3n) is 6.42. The molecule has 4 rings (SSSR count). The van der Waals surface area contributed by atoms with Crippen LogP contribution in [0.25, 0.3) is 0 Å². The predicted octanol–water partition coefficient (Wildman–Crippen LogP) is 2.10. The first kappa shape index (κ1) is 17.0. The second-order valence-electron chi connectivity index (χ2n) is 8.16. The van der Waals surface area contributed by atoms with E-state index in [9.17, 15) is 4.79 Å². The van der Waals surface area contributed by atoms with E-state index in [1.165, 1.54) is 18.5 Å². The summed E-state index contributed by atoms with van der Waals surface area (Å²) >= 11 is 0. The largest absolute Gasteiger partial charge is 0.376 e. The van der Waals surface area contributed by atoms with Crippen LogP contribution in [0, 0.1) is 12.3 Å². The molecule has 6 heteroatoms. The van der Waals surface area contributed by atoms with Crippen LogP contribution in [0.5, 0.6) is 0 Å². The van der Waals surface area contributed by atoms with E-state index < -0.39 is 0 Å². The molecular formula is C19H30N4O2. The highest BCUT2D eigenvalue weighted by Crippen LogP contribution is 2.40. The Hall–Kier alpha value is -1.40. The number of amides is 1. The quantitative estimate of drug-likeness (QED) is 0.907. The Morgan fingerprint density at radius 2 is 2.20 bits per heavy atom. The van der Waals surface area contributed by atoms with Gasteiger partial charge in [0.05, 0.1) is 18.1 Å². The fourth-order valence-corrected chi connectivity index (χ4v) is 4.65. The van der Waals surface area contributed by atoms with Gasteiger partial charge in [-0.15, -0.1) is 0 Å². The molecule has 3 aliphatic heterocycles. The maximum Gasteiger partial charge on any atom is 0.222 e. The summed E-state index contributed by atoms with van der Waals surface area (Å²) in [7, 11) is 0. The van der Waals surface area contributed by atoms with Crippen LogP contribution in [-0.2, 0) is 16.1 Å². The zero-order valence-corrected chi connectivity index (χ0v) is 15.3. The van der Waals surface area contributed by atoms with Crippen LogP contribution in [0.3, 0.4) is 0 Å². The molecule has 1 aromatic rings. The molecular weight excluding hydrogens is 316 g/mol. The molecule has 25 heavy (non-hydrogen) atoms. The van der Waals surface area contributed by atoms with Crippen LogP contribution in [0.4, 0.5) is 0 Å². The predicted molar refractivity (Wildman–Crippen MR) is 95.1 cm³/mol. The van der Waals surface area contributed by atoms with Gasteiger partial charge in [-0.25, -0.2) is 4.98 Å². The normalized spacial score (nSPS) is 27.3. The Bertz CT molecular complexity index is 600. The SMILES string of the molecule is Cc1[nH]cnc1CN1CCC2(CCC(=O)N(CC3CCCO3)C2)CC1. The summed E-state index contributed by atoms with van der Waals surface area (Å²) in [5.41, 5.74) is 2.66. The standard InChI is InChI=1S/C19H30N4O2/c1-15-17(21-14-20-15)12-22-8-6-19(7-9-22)5-4-18(24)23(13-19)11-16-3-2-10-25-16/h14,16H,2-13H2,1H3,(H,20,21). The smallest absolute Gasteiger partial charge is 0.222 e. The number of carbonyl (C=O) groups is 1. The molecule has 3 aliphatic rings. The van der Waals surface area contributed by atoms with Crippen molar-refractivity contribution in [1.29, 1.82) is 0 Å². The third kappa shape index (κ3) is 3.75. The summed E-state index contributed by atoms with van der Waals surface area (Å²) in [5.74, 6) is 0.329. The van der Waals surface area contributed by atoms with Crippen molar-refractivity contribution in [2.75, 3.05) is 32.8 Å². The first-order valence-electron chi connectivity index (χ1n) is 9.74. The van der Waals surface area contributed by atoms with Gasteiger partial charge in [-0.05, 0) is 57.5 Å². The van der Waals surface area contributed by atoms with E-state index in [0.29, 0.717) is 17.7 Å². The lowest BCUT2D eigenvalue weighted by atomic mass is 9.72. The molecule has 3 fully saturated rings. The van der Waals surface area contributed by atoms with Gasteiger partial charge in [-0.2, -0.15) is 0 Å². The molecule has 1 atom stereocenters. The van der Waals surface area contributed by atoms with E-state index in [0.717, 1.165) is 64.3 Å². The van der Waals surface area contributed by atoms with E-state index in [-0.39, 0.29) is 6.10 Å². The summed E-state index contributed by atoms with van der Waals surface area (Å²) in [6.45, 7) is 7.83. The van der Waals surface area contributed by atoms with Gasteiger partial charge in [0, 0.05) is 38.4 Å². The van der Waals surface area contributed by atoms with Gasteiger partial charge in [-0.3, -0.25) is 9.69 Å². The topological polar surface area (TPSA) is 61.5 Å². The lowest BCUT2D eigenvalue weighted by Crippen LogP contribution is -2.52. The molecule has 0 aliphatic carbocycles. The second-order valence-corrected chi connectivity index (χ2v) is 8.16. The van der Waals surface area contributed by atoms with Gasteiger partial charge in [0.2, 0.25) is 5.91 Å². The minimum Gasteiger partial charge on any atom is -0.376 e. The van der Waals surface area contributed by atoms with Gasteiger partial charge in [-0.1, -0.05) is 0 Å². The zero-order valence-electron chi connectivity index (χ0n) is 15.3. The molecule has 1 N–H and O–H groups in total. The number of nitrogens with zero attached hydrogens (tertiary/aromatic N) is 3. The molecule has 0 aromatic carbocycles. The average molecular weight is 346 g/mol. The summed E-state index contributed by atoms with van der Waals surface area (Å²) in [6.07, 6.45) is 8.44. The maximum atomic E-state index is 12.4. The highest BCUT2D eigenvalue weighted by atomic mass is 16.5. The number of aromatic nitrogens is 2. The van der Waals surface area contributed by atoms with Gasteiger partial charge < -0.3 is 14.6 Å². The molecule has 0 saturated carbocycles. The summed E-state index contributed by atoms with van der Waals surface area (Å²) in [6, 6.07) is 0. The van der Waals surface area contributed by atoms with Crippen molar-refractivity contribution in [3.8, 4) is 0 Å². The lowest BCUT2D eigenvalue weighted by Gasteiger charge is -2.47. The molecule has 138 valence electrons. The van der Waals surface area contributed by atoms with E-state index in [2.05, 4.69) is 26.7 Å². The average Bonchev–Trinajstić information content (AvgIpc) is 3.26. The number of rotatable bonds is 4. The summed E-state index contributed by atoms with van der Waals surface area (Å²) in [5, 5.41) is 0. The number of likely N-dealkylation sites (tertiary alicyclic amines) is 2. The third-order valence-corrected chi connectivity index (χ3v) is 6.42.